The number of aliphatic carboxylic acids is 1. The average molecular weight is 443 g/mol. The van der Waals surface area contributed by atoms with Gasteiger partial charge in [-0.15, -0.1) is 0 Å². The summed E-state index contributed by atoms with van der Waals surface area (Å²) in [6, 6.07) is 15.8. The fraction of sp³-hybridized carbons (Fsp3) is 0.440. The number of aromatic hydroxyl groups is 1. The number of hydrogen-bond acceptors (Lipinski definition) is 5. The van der Waals surface area contributed by atoms with Crippen LogP contribution in [0.4, 0.5) is 0 Å². The zero-order chi connectivity index (χ0) is 23.6. The molecule has 1 amide bonds. The predicted octanol–water partition coefficient (Wildman–Crippen LogP) is 3.23. The highest BCUT2D eigenvalue weighted by atomic mass is 16.4. The molecule has 0 spiro atoms. The quantitative estimate of drug-likeness (QED) is 0.524. The molecule has 7 heteroatoms. The van der Waals surface area contributed by atoms with Crippen molar-refractivity contribution in [3.05, 3.63) is 65.7 Å². The van der Waals surface area contributed by atoms with Crippen LogP contribution in [0.3, 0.4) is 0 Å². The zero-order valence-electron chi connectivity index (χ0n) is 18.8. The van der Waals surface area contributed by atoms with E-state index in [2.05, 4.69) is 10.2 Å². The number of rotatable bonds is 7. The third-order valence-electron chi connectivity index (χ3n) is 5.65. The topological polar surface area (TPSA) is 110 Å². The van der Waals surface area contributed by atoms with E-state index in [1.54, 1.807) is 42.5 Å². The molecule has 4 N–H and O–H groups in total. The van der Waals surface area contributed by atoms with Crippen molar-refractivity contribution >= 4 is 11.9 Å². The lowest BCUT2D eigenvalue weighted by molar-refractivity contribution is -0.135. The first-order chi connectivity index (χ1) is 15.2. The van der Waals surface area contributed by atoms with Crippen molar-refractivity contribution in [1.82, 2.24) is 10.2 Å². The lowest BCUT2D eigenvalue weighted by atomic mass is 9.72. The van der Waals surface area contributed by atoms with Gasteiger partial charge in [-0.3, -0.25) is 9.59 Å². The number of phenolic OH excluding ortho intramolecular Hbond substituents is 1. The Bertz CT molecular complexity index is 846. The van der Waals surface area contributed by atoms with Crippen LogP contribution in [0.25, 0.3) is 0 Å². The van der Waals surface area contributed by atoms with Gasteiger partial charge < -0.3 is 25.5 Å². The Morgan fingerprint density at radius 1 is 1.00 bits per heavy atom. The van der Waals surface area contributed by atoms with E-state index >= 15 is 0 Å². The molecule has 7 nitrogen and oxygen atoms in total. The molecule has 0 bridgehead atoms. The molecule has 1 aliphatic rings. The van der Waals surface area contributed by atoms with Crippen molar-refractivity contribution in [2.45, 2.75) is 43.6 Å². The Balaban J connectivity index is 0.000000244. The fourth-order valence-corrected chi connectivity index (χ4v) is 4.02. The molecular formula is C25H34N2O5. The van der Waals surface area contributed by atoms with Crippen molar-refractivity contribution < 1.29 is 24.9 Å². The first-order valence-electron chi connectivity index (χ1n) is 10.9. The maximum absolute atomic E-state index is 11.2. The number of nitrogens with zero attached hydrogens (tertiary/aromatic N) is 1. The lowest BCUT2D eigenvalue weighted by Crippen LogP contribution is -2.42. The molecule has 0 heterocycles. The van der Waals surface area contributed by atoms with Crippen LogP contribution in [0.2, 0.25) is 0 Å². The average Bonchev–Trinajstić information content (AvgIpc) is 2.78. The zero-order valence-corrected chi connectivity index (χ0v) is 18.8. The molecule has 174 valence electrons. The Morgan fingerprint density at radius 2 is 1.59 bits per heavy atom. The fourth-order valence-electron chi connectivity index (χ4n) is 4.02. The molecule has 3 rings (SSSR count). The summed E-state index contributed by atoms with van der Waals surface area (Å²) < 4.78 is 0. The molecule has 1 saturated carbocycles. The van der Waals surface area contributed by atoms with Crippen molar-refractivity contribution in [2.24, 2.45) is 0 Å². The minimum Gasteiger partial charge on any atom is -0.508 e. The summed E-state index contributed by atoms with van der Waals surface area (Å²) >= 11 is 0. The molecule has 1 unspecified atom stereocenters. The maximum Gasteiger partial charge on any atom is 0.322 e. The van der Waals surface area contributed by atoms with E-state index in [1.807, 2.05) is 26.2 Å². The SMILES string of the molecule is CN(C)CC(c1ccc(O)cc1)C1(O)CCCCC1.O=C(O)CNC(=O)c1ccccc1. The molecular weight excluding hydrogens is 408 g/mol. The minimum atomic E-state index is -1.05. The number of phenols is 1. The van der Waals surface area contributed by atoms with E-state index in [0.717, 1.165) is 37.8 Å². The van der Waals surface area contributed by atoms with Gasteiger partial charge in [0.05, 0.1) is 5.60 Å². The number of carbonyl (C=O) groups is 2. The largest absolute Gasteiger partial charge is 0.508 e. The van der Waals surface area contributed by atoms with Crippen molar-refractivity contribution in [1.29, 1.82) is 0 Å². The van der Waals surface area contributed by atoms with Gasteiger partial charge in [0.2, 0.25) is 0 Å². The highest BCUT2D eigenvalue weighted by Gasteiger charge is 2.38. The maximum atomic E-state index is 11.2. The van der Waals surface area contributed by atoms with Crippen LogP contribution >= 0.6 is 0 Å². The van der Waals surface area contributed by atoms with Crippen molar-refractivity contribution in [3.63, 3.8) is 0 Å². The first kappa shape index (κ1) is 25.4. The van der Waals surface area contributed by atoms with Gasteiger partial charge in [-0.05, 0) is 56.8 Å². The number of aliphatic hydroxyl groups is 1. The Morgan fingerprint density at radius 3 is 2.12 bits per heavy atom. The van der Waals surface area contributed by atoms with Gasteiger partial charge in [-0.25, -0.2) is 0 Å². The van der Waals surface area contributed by atoms with Crippen LogP contribution in [-0.2, 0) is 4.79 Å². The van der Waals surface area contributed by atoms with Gasteiger partial charge in [0.15, 0.2) is 0 Å². The summed E-state index contributed by atoms with van der Waals surface area (Å²) in [7, 11) is 4.08. The smallest absolute Gasteiger partial charge is 0.322 e. The molecule has 2 aromatic rings. The van der Waals surface area contributed by atoms with E-state index < -0.39 is 11.6 Å². The summed E-state index contributed by atoms with van der Waals surface area (Å²) in [5.74, 6) is -1.03. The van der Waals surface area contributed by atoms with Crippen LogP contribution in [0.1, 0.15) is 53.9 Å². The number of carboxylic acid groups (broad SMARTS) is 1. The molecule has 32 heavy (non-hydrogen) atoms. The summed E-state index contributed by atoms with van der Waals surface area (Å²) in [6.45, 7) is 0.481. The van der Waals surface area contributed by atoms with E-state index in [-0.39, 0.29) is 24.1 Å². The van der Waals surface area contributed by atoms with Crippen molar-refractivity contribution in [2.75, 3.05) is 27.2 Å². The number of hydrogen-bond donors (Lipinski definition) is 4. The summed E-state index contributed by atoms with van der Waals surface area (Å²) in [4.78, 5) is 23.4. The second-order valence-corrected chi connectivity index (χ2v) is 8.51. The Kier molecular flexibility index (Phi) is 9.68. The van der Waals surface area contributed by atoms with Crippen LogP contribution in [-0.4, -0.2) is 64.9 Å². The second kappa shape index (κ2) is 12.2. The van der Waals surface area contributed by atoms with E-state index in [0.29, 0.717) is 5.56 Å². The van der Waals surface area contributed by atoms with E-state index in [4.69, 9.17) is 5.11 Å². The lowest BCUT2D eigenvalue weighted by Gasteiger charge is -2.40. The molecule has 2 aromatic carbocycles. The van der Waals surface area contributed by atoms with E-state index in [1.165, 1.54) is 6.42 Å². The summed E-state index contributed by atoms with van der Waals surface area (Å²) in [5, 5.41) is 31.0. The molecule has 0 aromatic heterocycles. The molecule has 0 aliphatic heterocycles. The minimum absolute atomic E-state index is 0.114. The Hall–Kier alpha value is -2.90. The van der Waals surface area contributed by atoms with Gasteiger partial charge in [0, 0.05) is 18.0 Å². The standard InChI is InChI=1S/C16H25NO2.C9H9NO3/c1-17(2)12-15(13-6-8-14(18)9-7-13)16(19)10-4-3-5-11-16;11-8(12)6-10-9(13)7-4-2-1-3-5-7/h6-9,15,18-19H,3-5,10-12H2,1-2H3;1-5H,6H2,(H,10,13)(H,11,12). The van der Waals surface area contributed by atoms with Crippen LogP contribution < -0.4 is 5.32 Å². The first-order valence-corrected chi connectivity index (χ1v) is 10.9. The molecule has 0 saturated heterocycles. The molecule has 1 atom stereocenters. The molecule has 1 aliphatic carbocycles. The number of nitrogens with one attached hydrogen (secondary N) is 1. The van der Waals surface area contributed by atoms with Gasteiger partial charge in [-0.1, -0.05) is 49.6 Å². The van der Waals surface area contributed by atoms with Gasteiger partial charge in [-0.2, -0.15) is 0 Å². The Labute approximate surface area is 189 Å². The van der Waals surface area contributed by atoms with Gasteiger partial charge in [0.25, 0.3) is 5.91 Å². The third-order valence-corrected chi connectivity index (χ3v) is 5.65. The van der Waals surface area contributed by atoms with Crippen molar-refractivity contribution in [3.8, 4) is 5.75 Å². The predicted molar refractivity (Wildman–Crippen MR) is 124 cm³/mol. The molecule has 0 radical (unpaired) electrons. The number of amides is 1. The summed E-state index contributed by atoms with van der Waals surface area (Å²) in [5.41, 5.74) is 0.985. The number of carbonyl (C=O) groups excluding carboxylic acids is 1. The second-order valence-electron chi connectivity index (χ2n) is 8.51. The number of likely N-dealkylation sites (N-methyl/N-ethyl adjacent to an activating group) is 1. The van der Waals surface area contributed by atoms with Crippen LogP contribution in [0.5, 0.6) is 5.75 Å². The summed E-state index contributed by atoms with van der Waals surface area (Å²) in [6.07, 6.45) is 5.21. The normalized spacial score (nSPS) is 15.9. The molecule has 1 fully saturated rings. The highest BCUT2D eigenvalue weighted by Crippen LogP contribution is 2.40. The van der Waals surface area contributed by atoms with E-state index in [9.17, 15) is 19.8 Å². The van der Waals surface area contributed by atoms with Crippen LogP contribution in [0, 0.1) is 0 Å². The van der Waals surface area contributed by atoms with Crippen LogP contribution in [0.15, 0.2) is 54.6 Å². The number of benzene rings is 2. The highest BCUT2D eigenvalue weighted by molar-refractivity contribution is 5.95. The van der Waals surface area contributed by atoms with Gasteiger partial charge in [0.1, 0.15) is 12.3 Å². The monoisotopic (exact) mass is 442 g/mol. The van der Waals surface area contributed by atoms with Gasteiger partial charge >= 0.3 is 5.97 Å². The third kappa shape index (κ3) is 7.98. The number of carboxylic acids is 1.